The fourth-order valence-electron chi connectivity index (χ4n) is 2.27. The molecule has 0 saturated carbocycles. The van der Waals surface area contributed by atoms with Gasteiger partial charge in [0.15, 0.2) is 0 Å². The highest BCUT2D eigenvalue weighted by molar-refractivity contribution is 5.60. The summed E-state index contributed by atoms with van der Waals surface area (Å²) in [6.45, 7) is 6.23. The summed E-state index contributed by atoms with van der Waals surface area (Å²) in [7, 11) is 0. The molecule has 0 atom stereocenters. The Kier molecular flexibility index (Phi) is 9.64. The lowest BCUT2D eigenvalue weighted by atomic mass is 9.99. The minimum Gasteiger partial charge on any atom is -0.507 e. The topological polar surface area (TPSA) is 32.8 Å². The third-order valence-corrected chi connectivity index (χ3v) is 3.51. The van der Waals surface area contributed by atoms with Gasteiger partial charge >= 0.3 is 0 Å². The Morgan fingerprint density at radius 2 is 1.76 bits per heavy atom. The number of unbranched alkanes of at least 4 members (excludes halogenated alkanes) is 5. The van der Waals surface area contributed by atoms with E-state index in [-0.39, 0.29) is 0 Å². The Morgan fingerprint density at radius 3 is 2.38 bits per heavy atom. The monoisotopic (exact) mass is 290 g/mol. The normalized spacial score (nSPS) is 13.0. The number of aryl methyl sites for hydroxylation is 1. The molecule has 0 aromatic heterocycles. The number of hydrogen-bond acceptors (Lipinski definition) is 2. The number of hydrogen-bond donors (Lipinski definition) is 1. The van der Waals surface area contributed by atoms with Crippen LogP contribution >= 0.6 is 0 Å². The van der Waals surface area contributed by atoms with E-state index >= 15 is 0 Å². The van der Waals surface area contributed by atoms with Gasteiger partial charge in [0, 0.05) is 5.56 Å². The quantitative estimate of drug-likeness (QED) is 0.517. The second-order valence-corrected chi connectivity index (χ2v) is 5.48. The van der Waals surface area contributed by atoms with Crippen molar-refractivity contribution in [2.45, 2.75) is 58.8 Å². The van der Waals surface area contributed by atoms with Crippen LogP contribution in [-0.4, -0.2) is 18.3 Å². The minimum absolute atomic E-state index is 0.400. The molecule has 0 bridgehead atoms. The van der Waals surface area contributed by atoms with E-state index in [2.05, 4.69) is 17.7 Å². The van der Waals surface area contributed by atoms with Crippen LogP contribution in [0.15, 0.2) is 24.3 Å². The van der Waals surface area contributed by atoms with Crippen LogP contribution in [0, 0.1) is 0 Å². The first-order valence-electron chi connectivity index (χ1n) is 8.30. The van der Waals surface area contributed by atoms with Crippen LogP contribution in [-0.2, 0) is 11.2 Å². The summed E-state index contributed by atoms with van der Waals surface area (Å²) in [5.74, 6) is 0.400. The summed E-state index contributed by atoms with van der Waals surface area (Å²) in [5.41, 5.74) is 2.26. The van der Waals surface area contributed by atoms with Gasteiger partial charge in [-0.1, -0.05) is 63.3 Å². The zero-order chi connectivity index (χ0) is 15.3. The third-order valence-electron chi connectivity index (χ3n) is 3.51. The maximum absolute atomic E-state index is 9.84. The maximum atomic E-state index is 9.84. The summed E-state index contributed by atoms with van der Waals surface area (Å²) in [5, 5.41) is 9.84. The molecule has 0 radical (unpaired) electrons. The molecule has 118 valence electrons. The highest BCUT2D eigenvalue weighted by Crippen LogP contribution is 2.24. The summed E-state index contributed by atoms with van der Waals surface area (Å²) < 4.78 is 4.50. The highest BCUT2D eigenvalue weighted by Gasteiger charge is 2.04. The number of ether oxygens (including phenoxy) is 1. The van der Waals surface area contributed by atoms with E-state index < -0.39 is 0 Å². The Hall–Kier alpha value is -1.28. The van der Waals surface area contributed by atoms with Gasteiger partial charge in [-0.05, 0) is 31.4 Å². The summed E-state index contributed by atoms with van der Waals surface area (Å²) in [6.07, 6.45) is 12.9. The number of benzene rings is 1. The van der Waals surface area contributed by atoms with Crippen molar-refractivity contribution < 1.29 is 9.84 Å². The highest BCUT2D eigenvalue weighted by atomic mass is 16.6. The van der Waals surface area contributed by atoms with Gasteiger partial charge in [-0.25, -0.2) is 0 Å². The molecule has 0 aliphatic carbocycles. The number of phenols is 1. The van der Waals surface area contributed by atoms with Gasteiger partial charge in [-0.3, -0.25) is 0 Å². The lowest BCUT2D eigenvalue weighted by Gasteiger charge is -2.08. The smallest absolute Gasteiger partial charge is 0.123 e. The number of phenolic OH excluding ortho intramolecular Hbond substituents is 1. The zero-order valence-electron chi connectivity index (χ0n) is 13.6. The molecule has 2 nitrogen and oxygen atoms in total. The van der Waals surface area contributed by atoms with E-state index in [0.29, 0.717) is 5.75 Å². The molecule has 1 heterocycles. The maximum Gasteiger partial charge on any atom is 0.123 e. The predicted octanol–water partition coefficient (Wildman–Crippen LogP) is 5.34. The van der Waals surface area contributed by atoms with E-state index in [1.165, 1.54) is 44.1 Å². The lowest BCUT2D eigenvalue weighted by Crippen LogP contribution is -1.91. The lowest BCUT2D eigenvalue weighted by molar-refractivity contribution is 0.473. The molecule has 0 unspecified atom stereocenters. The van der Waals surface area contributed by atoms with E-state index in [1.54, 1.807) is 6.07 Å². The standard InChI is InChI=1S/C17H26O.C2H4O/c1-3-5-6-7-8-9-12-15-13-10-14-17(18)16(15)11-4-2;1-2-3-1/h4,10-11,13-14,18H,3,5-9,12H2,1-2H3;1-2H2. The largest absolute Gasteiger partial charge is 0.507 e. The van der Waals surface area contributed by atoms with Crippen molar-refractivity contribution in [1.29, 1.82) is 0 Å². The van der Waals surface area contributed by atoms with Gasteiger partial charge in [0.25, 0.3) is 0 Å². The van der Waals surface area contributed by atoms with E-state index in [9.17, 15) is 5.11 Å². The van der Waals surface area contributed by atoms with Crippen LogP contribution in [0.1, 0.15) is 63.5 Å². The van der Waals surface area contributed by atoms with Crippen molar-refractivity contribution in [1.82, 2.24) is 0 Å². The third kappa shape index (κ3) is 8.56. The summed E-state index contributed by atoms with van der Waals surface area (Å²) in [4.78, 5) is 0. The molecule has 1 aromatic rings. The Balaban J connectivity index is 0.000000647. The molecular weight excluding hydrogens is 260 g/mol. The summed E-state index contributed by atoms with van der Waals surface area (Å²) >= 11 is 0. The first kappa shape index (κ1) is 17.8. The van der Waals surface area contributed by atoms with Crippen molar-refractivity contribution in [3.63, 3.8) is 0 Å². The average Bonchev–Trinajstić information content (AvgIpc) is 3.34. The second-order valence-electron chi connectivity index (χ2n) is 5.48. The SMILES string of the molecule is C1CO1.CC=Cc1c(O)cccc1CCCCCCCC. The first-order valence-corrected chi connectivity index (χ1v) is 8.30. The average molecular weight is 290 g/mol. The molecular formula is C19H30O2. The van der Waals surface area contributed by atoms with Gasteiger partial charge in [-0.2, -0.15) is 0 Å². The van der Waals surface area contributed by atoms with Crippen molar-refractivity contribution in [3.05, 3.63) is 35.4 Å². The van der Waals surface area contributed by atoms with Crippen LogP contribution in [0.4, 0.5) is 0 Å². The van der Waals surface area contributed by atoms with E-state index in [4.69, 9.17) is 0 Å². The van der Waals surface area contributed by atoms with Gasteiger partial charge in [0.05, 0.1) is 13.2 Å². The van der Waals surface area contributed by atoms with Gasteiger partial charge in [0.2, 0.25) is 0 Å². The summed E-state index contributed by atoms with van der Waals surface area (Å²) in [6, 6.07) is 5.83. The minimum atomic E-state index is 0.400. The molecule has 1 saturated heterocycles. The van der Waals surface area contributed by atoms with Crippen LogP contribution in [0.5, 0.6) is 5.75 Å². The number of allylic oxidation sites excluding steroid dienone is 1. The zero-order valence-corrected chi connectivity index (χ0v) is 13.6. The predicted molar refractivity (Wildman–Crippen MR) is 90.7 cm³/mol. The van der Waals surface area contributed by atoms with Gasteiger partial charge in [-0.15, -0.1) is 0 Å². The van der Waals surface area contributed by atoms with Gasteiger partial charge in [0.1, 0.15) is 5.75 Å². The molecule has 1 aliphatic heterocycles. The Bertz CT molecular complexity index is 405. The van der Waals surface area contributed by atoms with Crippen LogP contribution < -0.4 is 0 Å². The van der Waals surface area contributed by atoms with Crippen LogP contribution in [0.2, 0.25) is 0 Å². The molecule has 0 amide bonds. The van der Waals surface area contributed by atoms with Crippen molar-refractivity contribution in [2.75, 3.05) is 13.2 Å². The molecule has 1 N–H and O–H groups in total. The Labute approximate surface area is 129 Å². The second kappa shape index (κ2) is 11.4. The first-order chi connectivity index (χ1) is 10.3. The molecule has 0 spiro atoms. The number of rotatable bonds is 8. The van der Waals surface area contributed by atoms with Crippen molar-refractivity contribution in [3.8, 4) is 5.75 Å². The van der Waals surface area contributed by atoms with E-state index in [1.807, 2.05) is 25.1 Å². The molecule has 1 fully saturated rings. The van der Waals surface area contributed by atoms with Crippen molar-refractivity contribution in [2.24, 2.45) is 0 Å². The van der Waals surface area contributed by atoms with Crippen molar-refractivity contribution >= 4 is 6.08 Å². The van der Waals surface area contributed by atoms with Gasteiger partial charge < -0.3 is 9.84 Å². The van der Waals surface area contributed by atoms with E-state index in [0.717, 1.165) is 25.2 Å². The number of aromatic hydroxyl groups is 1. The fourth-order valence-corrected chi connectivity index (χ4v) is 2.27. The molecule has 2 heteroatoms. The Morgan fingerprint density at radius 1 is 1.10 bits per heavy atom. The van der Waals surface area contributed by atoms with Crippen LogP contribution in [0.25, 0.3) is 6.08 Å². The number of epoxide rings is 1. The molecule has 1 aliphatic rings. The fraction of sp³-hybridized carbons (Fsp3) is 0.579. The van der Waals surface area contributed by atoms with Crippen LogP contribution in [0.3, 0.4) is 0 Å². The molecule has 2 rings (SSSR count). The molecule has 21 heavy (non-hydrogen) atoms. The molecule has 1 aromatic carbocycles.